The number of carbonyl (C=O) groups excluding carboxylic acids is 2. The standard InChI is InChI=1S/C17H19N3O2S/c21-16(12-14-4-3-11-23-14)20-9-6-13(7-10-20)19-17(22)15-5-1-2-8-18-15/h1-5,8,11,13H,6-7,9-10,12H2,(H,19,22). The first-order valence-corrected chi connectivity index (χ1v) is 8.62. The van der Waals surface area contributed by atoms with Crippen LogP contribution in [-0.2, 0) is 11.2 Å². The van der Waals surface area contributed by atoms with E-state index in [2.05, 4.69) is 10.3 Å². The summed E-state index contributed by atoms with van der Waals surface area (Å²) in [5.74, 6) is 0.0240. The predicted octanol–water partition coefficient (Wildman–Crippen LogP) is 2.11. The van der Waals surface area contributed by atoms with E-state index in [9.17, 15) is 9.59 Å². The lowest BCUT2D eigenvalue weighted by atomic mass is 10.0. The Morgan fingerprint density at radius 2 is 2.04 bits per heavy atom. The van der Waals surface area contributed by atoms with Crippen LogP contribution in [0.3, 0.4) is 0 Å². The maximum Gasteiger partial charge on any atom is 0.270 e. The summed E-state index contributed by atoms with van der Waals surface area (Å²) in [7, 11) is 0. The molecule has 0 unspecified atom stereocenters. The van der Waals surface area contributed by atoms with Crippen molar-refractivity contribution in [3.63, 3.8) is 0 Å². The van der Waals surface area contributed by atoms with Gasteiger partial charge in [-0.2, -0.15) is 0 Å². The second-order valence-electron chi connectivity index (χ2n) is 5.60. The molecule has 1 aliphatic rings. The van der Waals surface area contributed by atoms with Crippen molar-refractivity contribution in [2.24, 2.45) is 0 Å². The monoisotopic (exact) mass is 329 g/mol. The highest BCUT2D eigenvalue weighted by Crippen LogP contribution is 2.15. The quantitative estimate of drug-likeness (QED) is 0.934. The van der Waals surface area contributed by atoms with Crippen LogP contribution >= 0.6 is 11.3 Å². The molecule has 2 amide bonds. The molecule has 3 rings (SSSR count). The zero-order chi connectivity index (χ0) is 16.1. The molecule has 0 saturated carbocycles. The summed E-state index contributed by atoms with van der Waals surface area (Å²) in [5.41, 5.74) is 0.434. The molecular weight excluding hydrogens is 310 g/mol. The maximum absolute atomic E-state index is 12.3. The largest absolute Gasteiger partial charge is 0.348 e. The van der Waals surface area contributed by atoms with E-state index in [0.29, 0.717) is 25.2 Å². The van der Waals surface area contributed by atoms with Crippen molar-refractivity contribution in [1.82, 2.24) is 15.2 Å². The SMILES string of the molecule is O=C(NC1CCN(C(=O)Cc2cccs2)CC1)c1ccccn1. The number of nitrogens with zero attached hydrogens (tertiary/aromatic N) is 2. The molecule has 23 heavy (non-hydrogen) atoms. The first-order chi connectivity index (χ1) is 11.2. The average Bonchev–Trinajstić information content (AvgIpc) is 3.09. The summed E-state index contributed by atoms with van der Waals surface area (Å²) in [5, 5.41) is 4.99. The lowest BCUT2D eigenvalue weighted by molar-refractivity contribution is -0.131. The fourth-order valence-corrected chi connectivity index (χ4v) is 3.40. The molecule has 0 aliphatic carbocycles. The Hall–Kier alpha value is -2.21. The predicted molar refractivity (Wildman–Crippen MR) is 89.3 cm³/mol. The third-order valence-electron chi connectivity index (χ3n) is 3.99. The van der Waals surface area contributed by atoms with Crippen LogP contribution in [0.2, 0.25) is 0 Å². The zero-order valence-corrected chi connectivity index (χ0v) is 13.6. The zero-order valence-electron chi connectivity index (χ0n) is 12.8. The molecule has 3 heterocycles. The minimum Gasteiger partial charge on any atom is -0.348 e. The van der Waals surface area contributed by atoms with E-state index in [1.165, 1.54) is 0 Å². The van der Waals surface area contributed by atoms with Crippen molar-refractivity contribution < 1.29 is 9.59 Å². The molecule has 0 atom stereocenters. The van der Waals surface area contributed by atoms with Gasteiger partial charge in [0.2, 0.25) is 5.91 Å². The smallest absolute Gasteiger partial charge is 0.270 e. The van der Waals surface area contributed by atoms with Gasteiger partial charge < -0.3 is 10.2 Å². The second kappa shape index (κ2) is 7.37. The van der Waals surface area contributed by atoms with Crippen LogP contribution in [0.1, 0.15) is 28.2 Å². The summed E-state index contributed by atoms with van der Waals surface area (Å²) >= 11 is 1.61. The van der Waals surface area contributed by atoms with E-state index in [-0.39, 0.29) is 17.9 Å². The molecule has 5 nitrogen and oxygen atoms in total. The van der Waals surface area contributed by atoms with Gasteiger partial charge in [0.25, 0.3) is 5.91 Å². The highest BCUT2D eigenvalue weighted by molar-refractivity contribution is 7.10. The minimum atomic E-state index is -0.144. The van der Waals surface area contributed by atoms with Crippen molar-refractivity contribution >= 4 is 23.2 Å². The molecule has 1 fully saturated rings. The van der Waals surface area contributed by atoms with Crippen molar-refractivity contribution in [2.45, 2.75) is 25.3 Å². The van der Waals surface area contributed by atoms with Crippen LogP contribution in [-0.4, -0.2) is 40.8 Å². The van der Waals surface area contributed by atoms with Gasteiger partial charge in [-0.05, 0) is 36.4 Å². The van der Waals surface area contributed by atoms with Crippen LogP contribution in [0.25, 0.3) is 0 Å². The van der Waals surface area contributed by atoms with E-state index in [1.54, 1.807) is 35.7 Å². The van der Waals surface area contributed by atoms with Gasteiger partial charge in [0, 0.05) is 30.2 Å². The number of thiophene rings is 1. The number of piperidine rings is 1. The van der Waals surface area contributed by atoms with E-state index in [4.69, 9.17) is 0 Å². The molecule has 0 radical (unpaired) electrons. The molecule has 1 aliphatic heterocycles. The number of aromatic nitrogens is 1. The van der Waals surface area contributed by atoms with Crippen LogP contribution in [0, 0.1) is 0 Å². The van der Waals surface area contributed by atoms with Gasteiger partial charge >= 0.3 is 0 Å². The summed E-state index contributed by atoms with van der Waals surface area (Å²) in [6.07, 6.45) is 3.66. The number of carbonyl (C=O) groups is 2. The van der Waals surface area contributed by atoms with Gasteiger partial charge in [-0.3, -0.25) is 14.6 Å². The Bertz CT molecular complexity index is 650. The minimum absolute atomic E-state index is 0.107. The Balaban J connectivity index is 1.47. The van der Waals surface area contributed by atoms with Crippen LogP contribution in [0.4, 0.5) is 0 Å². The molecule has 0 aromatic carbocycles. The second-order valence-corrected chi connectivity index (χ2v) is 6.63. The van der Waals surface area contributed by atoms with E-state index < -0.39 is 0 Å². The lowest BCUT2D eigenvalue weighted by Crippen LogP contribution is -2.47. The van der Waals surface area contributed by atoms with Crippen molar-refractivity contribution in [3.05, 3.63) is 52.5 Å². The van der Waals surface area contributed by atoms with Gasteiger partial charge in [-0.25, -0.2) is 0 Å². The molecule has 120 valence electrons. The number of rotatable bonds is 4. The summed E-state index contributed by atoms with van der Waals surface area (Å²) in [6.45, 7) is 1.38. The van der Waals surface area contributed by atoms with E-state index in [1.807, 2.05) is 22.4 Å². The highest BCUT2D eigenvalue weighted by atomic mass is 32.1. The molecule has 1 N–H and O–H groups in total. The Kier molecular flexibility index (Phi) is 5.02. The fraction of sp³-hybridized carbons (Fsp3) is 0.353. The van der Waals surface area contributed by atoms with Gasteiger partial charge in [0.15, 0.2) is 0 Å². The number of amides is 2. The number of pyridine rings is 1. The van der Waals surface area contributed by atoms with Gasteiger partial charge in [0.1, 0.15) is 5.69 Å². The summed E-state index contributed by atoms with van der Waals surface area (Å²) in [6, 6.07) is 9.35. The Labute approximate surface area is 139 Å². The number of nitrogens with one attached hydrogen (secondary N) is 1. The molecule has 0 bridgehead atoms. The summed E-state index contributed by atoms with van der Waals surface area (Å²) in [4.78, 5) is 31.4. The van der Waals surface area contributed by atoms with Crippen LogP contribution in [0.5, 0.6) is 0 Å². The third kappa shape index (κ3) is 4.16. The first kappa shape index (κ1) is 15.7. The van der Waals surface area contributed by atoms with Crippen molar-refractivity contribution in [1.29, 1.82) is 0 Å². The fourth-order valence-electron chi connectivity index (χ4n) is 2.70. The maximum atomic E-state index is 12.3. The van der Waals surface area contributed by atoms with Gasteiger partial charge in [0.05, 0.1) is 6.42 Å². The lowest BCUT2D eigenvalue weighted by Gasteiger charge is -2.32. The first-order valence-electron chi connectivity index (χ1n) is 7.74. The molecule has 2 aromatic rings. The van der Waals surface area contributed by atoms with Crippen molar-refractivity contribution in [2.75, 3.05) is 13.1 Å². The van der Waals surface area contributed by atoms with E-state index >= 15 is 0 Å². The Morgan fingerprint density at radius 3 is 2.70 bits per heavy atom. The van der Waals surface area contributed by atoms with Crippen LogP contribution < -0.4 is 5.32 Å². The molecular formula is C17H19N3O2S. The molecule has 6 heteroatoms. The normalized spacial score (nSPS) is 15.4. The topological polar surface area (TPSA) is 62.3 Å². The number of hydrogen-bond donors (Lipinski definition) is 1. The molecule has 2 aromatic heterocycles. The van der Waals surface area contributed by atoms with Gasteiger partial charge in [-0.15, -0.1) is 11.3 Å². The van der Waals surface area contributed by atoms with Crippen LogP contribution in [0.15, 0.2) is 41.9 Å². The number of hydrogen-bond acceptors (Lipinski definition) is 4. The van der Waals surface area contributed by atoms with Gasteiger partial charge in [-0.1, -0.05) is 12.1 Å². The molecule has 1 saturated heterocycles. The average molecular weight is 329 g/mol. The third-order valence-corrected chi connectivity index (χ3v) is 4.86. The summed E-state index contributed by atoms with van der Waals surface area (Å²) < 4.78 is 0. The van der Waals surface area contributed by atoms with E-state index in [0.717, 1.165) is 17.7 Å². The van der Waals surface area contributed by atoms with Crippen molar-refractivity contribution in [3.8, 4) is 0 Å². The Morgan fingerprint density at radius 1 is 1.22 bits per heavy atom. The number of likely N-dealkylation sites (tertiary alicyclic amines) is 1. The highest BCUT2D eigenvalue weighted by Gasteiger charge is 2.24. The molecule has 0 spiro atoms.